The summed E-state index contributed by atoms with van der Waals surface area (Å²) >= 11 is 5.26. The fraction of sp³-hybridized carbons (Fsp3) is 0. The average molecular weight is 272 g/mol. The largest absolute Gasteiger partial charge is 0.276 e. The summed E-state index contributed by atoms with van der Waals surface area (Å²) in [5.41, 5.74) is 1.20. The number of halogens is 3. The third-order valence-electron chi connectivity index (χ3n) is 2.17. The zero-order chi connectivity index (χ0) is 11.5. The Balaban J connectivity index is 0.00000144. The average Bonchev–Trinajstić information content (AvgIpc) is 2.30. The number of carbonyl (C=O) groups excluding carboxylic acids is 1. The number of rotatable bonds is 2. The molecule has 0 N–H and O–H groups in total. The summed E-state index contributed by atoms with van der Waals surface area (Å²) in [7, 11) is 0. The Labute approximate surface area is 109 Å². The van der Waals surface area contributed by atoms with Gasteiger partial charge in [0.1, 0.15) is 5.82 Å². The Hall–Kier alpha value is -1.45. The number of aromatic nitrogens is 1. The maximum absolute atomic E-state index is 13.7. The van der Waals surface area contributed by atoms with Crippen molar-refractivity contribution < 1.29 is 9.18 Å². The minimum Gasteiger partial charge on any atom is -0.276 e. The van der Waals surface area contributed by atoms with Crippen molar-refractivity contribution in [1.82, 2.24) is 4.98 Å². The van der Waals surface area contributed by atoms with Crippen LogP contribution in [-0.2, 0) is 0 Å². The van der Waals surface area contributed by atoms with E-state index >= 15 is 0 Å². The van der Waals surface area contributed by atoms with Crippen molar-refractivity contribution in [2.45, 2.75) is 0 Å². The highest BCUT2D eigenvalue weighted by Gasteiger charge is 2.08. The van der Waals surface area contributed by atoms with E-state index < -0.39 is 11.1 Å². The fourth-order valence-corrected chi connectivity index (χ4v) is 1.51. The van der Waals surface area contributed by atoms with Crippen LogP contribution in [0.5, 0.6) is 0 Å². The first-order valence-electron chi connectivity index (χ1n) is 4.58. The summed E-state index contributed by atoms with van der Waals surface area (Å²) in [6.45, 7) is 0. The first kappa shape index (κ1) is 13.6. The number of carbonyl (C=O) groups is 1. The van der Waals surface area contributed by atoms with E-state index in [1.807, 2.05) is 0 Å². The van der Waals surface area contributed by atoms with Gasteiger partial charge in [0.05, 0.1) is 0 Å². The van der Waals surface area contributed by atoms with Crippen LogP contribution in [0.3, 0.4) is 0 Å². The van der Waals surface area contributed by atoms with Gasteiger partial charge in [-0.3, -0.25) is 9.78 Å². The zero-order valence-electron chi connectivity index (χ0n) is 8.56. The normalized spacial score (nSPS) is 9.53. The quantitative estimate of drug-likeness (QED) is 0.780. The summed E-state index contributed by atoms with van der Waals surface area (Å²) in [6, 6.07) is 7.59. The third-order valence-corrected chi connectivity index (χ3v) is 2.39. The van der Waals surface area contributed by atoms with Crippen molar-refractivity contribution in [1.29, 1.82) is 0 Å². The standard InChI is InChI=1S/C12H7ClFNO.ClH/c13-12(16)8-3-4-10(11(14)6-8)9-2-1-5-15-7-9;/h1-7H;1H. The molecule has 1 aromatic carbocycles. The predicted octanol–water partition coefficient (Wildman–Crippen LogP) is 3.69. The lowest BCUT2D eigenvalue weighted by Crippen LogP contribution is -1.92. The van der Waals surface area contributed by atoms with E-state index in [2.05, 4.69) is 4.98 Å². The first-order valence-corrected chi connectivity index (χ1v) is 4.96. The number of pyridine rings is 1. The minimum atomic E-state index is -0.670. The Morgan fingerprint density at radius 2 is 2.06 bits per heavy atom. The number of benzene rings is 1. The van der Waals surface area contributed by atoms with Gasteiger partial charge >= 0.3 is 0 Å². The zero-order valence-corrected chi connectivity index (χ0v) is 10.1. The summed E-state index contributed by atoms with van der Waals surface area (Å²) in [5, 5.41) is -0.670. The van der Waals surface area contributed by atoms with Crippen LogP contribution in [-0.4, -0.2) is 10.2 Å². The van der Waals surface area contributed by atoms with Crippen LogP contribution >= 0.6 is 24.0 Å². The second-order valence-electron chi connectivity index (χ2n) is 3.21. The molecule has 5 heteroatoms. The van der Waals surface area contributed by atoms with E-state index in [1.165, 1.54) is 12.1 Å². The second kappa shape index (κ2) is 5.75. The van der Waals surface area contributed by atoms with Crippen LogP contribution in [0.4, 0.5) is 4.39 Å². The van der Waals surface area contributed by atoms with Gasteiger partial charge in [-0.1, -0.05) is 12.1 Å². The smallest absolute Gasteiger partial charge is 0.252 e. The van der Waals surface area contributed by atoms with Gasteiger partial charge < -0.3 is 0 Å². The molecule has 0 unspecified atom stereocenters. The lowest BCUT2D eigenvalue weighted by Gasteiger charge is -2.03. The maximum Gasteiger partial charge on any atom is 0.252 e. The van der Waals surface area contributed by atoms with Crippen LogP contribution in [0, 0.1) is 5.82 Å². The van der Waals surface area contributed by atoms with Gasteiger partial charge in [-0.2, -0.15) is 0 Å². The molecule has 0 aliphatic heterocycles. The summed E-state index contributed by atoms with van der Waals surface area (Å²) in [5.74, 6) is -0.487. The van der Waals surface area contributed by atoms with Gasteiger partial charge in [0.2, 0.25) is 0 Å². The number of hydrogen-bond donors (Lipinski definition) is 0. The van der Waals surface area contributed by atoms with Gasteiger partial charge in [-0.15, -0.1) is 12.4 Å². The molecule has 0 aliphatic rings. The molecule has 0 spiro atoms. The van der Waals surface area contributed by atoms with E-state index in [1.54, 1.807) is 24.5 Å². The summed E-state index contributed by atoms with van der Waals surface area (Å²) < 4.78 is 13.7. The Morgan fingerprint density at radius 3 is 2.59 bits per heavy atom. The molecule has 0 atom stereocenters. The molecule has 2 rings (SSSR count). The SMILES string of the molecule is Cl.O=C(Cl)c1ccc(-c2cccnc2)c(F)c1. The van der Waals surface area contributed by atoms with E-state index in [0.717, 1.165) is 6.07 Å². The molecule has 1 heterocycles. The molecule has 88 valence electrons. The van der Waals surface area contributed by atoms with E-state index in [9.17, 15) is 9.18 Å². The molecule has 0 radical (unpaired) electrons. The monoisotopic (exact) mass is 271 g/mol. The second-order valence-corrected chi connectivity index (χ2v) is 3.55. The van der Waals surface area contributed by atoms with Crippen molar-refractivity contribution in [3.63, 3.8) is 0 Å². The molecular weight excluding hydrogens is 264 g/mol. The van der Waals surface area contributed by atoms with Crippen molar-refractivity contribution in [2.24, 2.45) is 0 Å². The fourth-order valence-electron chi connectivity index (χ4n) is 1.39. The van der Waals surface area contributed by atoms with Gasteiger partial charge in [0.15, 0.2) is 0 Å². The molecule has 0 amide bonds. The van der Waals surface area contributed by atoms with E-state index in [4.69, 9.17) is 11.6 Å². The molecule has 0 fully saturated rings. The van der Waals surface area contributed by atoms with Gasteiger partial charge in [0, 0.05) is 29.1 Å². The molecule has 0 saturated heterocycles. The van der Waals surface area contributed by atoms with Gasteiger partial charge in [-0.05, 0) is 29.8 Å². The van der Waals surface area contributed by atoms with E-state index in [0.29, 0.717) is 11.1 Å². The van der Waals surface area contributed by atoms with Crippen LogP contribution in [0.15, 0.2) is 42.7 Å². The van der Waals surface area contributed by atoms with Crippen LogP contribution in [0.1, 0.15) is 10.4 Å². The molecular formula is C12H8Cl2FNO. The van der Waals surface area contributed by atoms with Crippen molar-refractivity contribution in [2.75, 3.05) is 0 Å². The minimum absolute atomic E-state index is 0. The summed E-state index contributed by atoms with van der Waals surface area (Å²) in [4.78, 5) is 14.7. The van der Waals surface area contributed by atoms with Gasteiger partial charge in [0.25, 0.3) is 5.24 Å². The highest BCUT2D eigenvalue weighted by Crippen LogP contribution is 2.23. The van der Waals surface area contributed by atoms with Crippen LogP contribution < -0.4 is 0 Å². The Morgan fingerprint density at radius 1 is 1.29 bits per heavy atom. The molecule has 1 aromatic heterocycles. The van der Waals surface area contributed by atoms with Gasteiger partial charge in [-0.25, -0.2) is 4.39 Å². The Bertz CT molecular complexity index is 531. The highest BCUT2D eigenvalue weighted by atomic mass is 35.5. The summed E-state index contributed by atoms with van der Waals surface area (Å²) in [6.07, 6.45) is 3.17. The highest BCUT2D eigenvalue weighted by molar-refractivity contribution is 6.67. The maximum atomic E-state index is 13.7. The van der Waals surface area contributed by atoms with E-state index in [-0.39, 0.29) is 18.0 Å². The Kier molecular flexibility index (Phi) is 4.61. The molecule has 2 aromatic rings. The predicted molar refractivity (Wildman–Crippen MR) is 67.1 cm³/mol. The number of hydrogen-bond acceptors (Lipinski definition) is 2. The number of nitrogens with zero attached hydrogens (tertiary/aromatic N) is 1. The molecule has 0 aliphatic carbocycles. The molecule has 0 saturated carbocycles. The van der Waals surface area contributed by atoms with Crippen molar-refractivity contribution in [3.05, 3.63) is 54.1 Å². The molecule has 2 nitrogen and oxygen atoms in total. The van der Waals surface area contributed by atoms with Crippen molar-refractivity contribution in [3.8, 4) is 11.1 Å². The van der Waals surface area contributed by atoms with Crippen LogP contribution in [0.25, 0.3) is 11.1 Å². The van der Waals surface area contributed by atoms with Crippen molar-refractivity contribution >= 4 is 29.3 Å². The topological polar surface area (TPSA) is 30.0 Å². The molecule has 17 heavy (non-hydrogen) atoms. The lowest BCUT2D eigenvalue weighted by atomic mass is 10.1. The molecule has 0 bridgehead atoms. The van der Waals surface area contributed by atoms with Crippen LogP contribution in [0.2, 0.25) is 0 Å². The first-order chi connectivity index (χ1) is 7.68. The third kappa shape index (κ3) is 3.02. The lowest BCUT2D eigenvalue weighted by molar-refractivity contribution is 0.108.